The van der Waals surface area contributed by atoms with E-state index in [1.54, 1.807) is 31.3 Å². The predicted molar refractivity (Wildman–Crippen MR) is 116 cm³/mol. The maximum absolute atomic E-state index is 12.1. The molecule has 0 radical (unpaired) electrons. The number of guanidine groups is 1. The van der Waals surface area contributed by atoms with Crippen molar-refractivity contribution in [1.82, 2.24) is 16.0 Å². The Kier molecular flexibility index (Phi) is 7.08. The maximum atomic E-state index is 12.1. The molecule has 1 unspecified atom stereocenters. The second-order valence-electron chi connectivity index (χ2n) is 6.68. The number of hydrogen-bond donors (Lipinski definition) is 4. The van der Waals surface area contributed by atoms with Crippen LogP contribution in [0.5, 0.6) is 0 Å². The Labute approximate surface area is 174 Å². The molecule has 4 N–H and O–H groups in total. The van der Waals surface area contributed by atoms with Gasteiger partial charge in [-0.25, -0.2) is 0 Å². The first-order valence-corrected chi connectivity index (χ1v) is 9.81. The number of aliphatic imine (C=N–C) groups is 1. The summed E-state index contributed by atoms with van der Waals surface area (Å²) in [6.45, 7) is 1.54. The molecule has 3 rings (SSSR count). The van der Waals surface area contributed by atoms with Gasteiger partial charge in [-0.2, -0.15) is 0 Å². The topological polar surface area (TPSA) is 94.6 Å². The number of hydrogen-bond acceptors (Lipinski definition) is 3. The fourth-order valence-corrected chi connectivity index (χ4v) is 3.31. The van der Waals surface area contributed by atoms with Gasteiger partial charge in [0.2, 0.25) is 5.91 Å². The highest BCUT2D eigenvalue weighted by Crippen LogP contribution is 2.31. The van der Waals surface area contributed by atoms with E-state index in [0.29, 0.717) is 42.6 Å². The fourth-order valence-electron chi connectivity index (χ4n) is 3.18. The third kappa shape index (κ3) is 5.71. The Morgan fingerprint density at radius 2 is 1.83 bits per heavy atom. The monoisotopic (exact) mass is 413 g/mol. The molecule has 1 heterocycles. The third-order valence-electron chi connectivity index (χ3n) is 4.66. The summed E-state index contributed by atoms with van der Waals surface area (Å²) >= 11 is 5.83. The van der Waals surface area contributed by atoms with Crippen molar-refractivity contribution in [3.63, 3.8) is 0 Å². The molecule has 8 heteroatoms. The number of carbonyl (C=O) groups excluding carboxylic acids is 2. The molecule has 2 aromatic rings. The summed E-state index contributed by atoms with van der Waals surface area (Å²) in [5, 5.41) is 12.8. The van der Waals surface area contributed by atoms with Gasteiger partial charge in [0.1, 0.15) is 0 Å². The molecule has 0 saturated heterocycles. The second kappa shape index (κ2) is 9.93. The van der Waals surface area contributed by atoms with Crippen molar-refractivity contribution in [2.75, 3.05) is 32.0 Å². The zero-order chi connectivity index (χ0) is 20.6. The minimum Gasteiger partial charge on any atom is -0.356 e. The van der Waals surface area contributed by atoms with Crippen LogP contribution in [0.4, 0.5) is 5.69 Å². The van der Waals surface area contributed by atoms with E-state index in [-0.39, 0.29) is 17.7 Å². The summed E-state index contributed by atoms with van der Waals surface area (Å²) in [4.78, 5) is 28.2. The Balaban J connectivity index is 1.44. The van der Waals surface area contributed by atoms with Gasteiger partial charge in [0, 0.05) is 55.3 Å². The molecule has 0 fully saturated rings. The second-order valence-corrected chi connectivity index (χ2v) is 7.12. The number of halogens is 1. The van der Waals surface area contributed by atoms with Crippen molar-refractivity contribution < 1.29 is 9.59 Å². The van der Waals surface area contributed by atoms with Crippen LogP contribution in [-0.2, 0) is 4.79 Å². The number of carbonyl (C=O) groups is 2. The first-order chi connectivity index (χ1) is 14.1. The van der Waals surface area contributed by atoms with E-state index in [1.165, 1.54) is 0 Å². The molecule has 0 saturated carbocycles. The molecule has 152 valence electrons. The molecule has 2 amide bonds. The average molecular weight is 414 g/mol. The number of anilines is 1. The molecular weight excluding hydrogens is 390 g/mol. The molecule has 1 aliphatic rings. The van der Waals surface area contributed by atoms with Gasteiger partial charge in [-0.05, 0) is 35.9 Å². The van der Waals surface area contributed by atoms with E-state index in [1.807, 2.05) is 24.3 Å². The first-order valence-electron chi connectivity index (χ1n) is 9.44. The van der Waals surface area contributed by atoms with Gasteiger partial charge in [-0.1, -0.05) is 29.8 Å². The van der Waals surface area contributed by atoms with Gasteiger partial charge in [0.05, 0.1) is 0 Å². The molecule has 29 heavy (non-hydrogen) atoms. The minimum absolute atomic E-state index is 0.0170. The number of amides is 2. The lowest BCUT2D eigenvalue weighted by atomic mass is 9.90. The lowest BCUT2D eigenvalue weighted by Gasteiger charge is -2.26. The van der Waals surface area contributed by atoms with Crippen molar-refractivity contribution in [3.05, 3.63) is 64.7 Å². The molecule has 7 nitrogen and oxygen atoms in total. The van der Waals surface area contributed by atoms with Crippen molar-refractivity contribution in [1.29, 1.82) is 0 Å². The SMILES string of the molecule is CN=C(NCCNC(=O)c1ccc(Cl)cc1)NCC1CC(=O)Nc2ccccc21. The van der Waals surface area contributed by atoms with Crippen LogP contribution in [0, 0.1) is 0 Å². The lowest BCUT2D eigenvalue weighted by molar-refractivity contribution is -0.116. The van der Waals surface area contributed by atoms with Crippen molar-refractivity contribution in [3.8, 4) is 0 Å². The van der Waals surface area contributed by atoms with Crippen LogP contribution in [0.25, 0.3) is 0 Å². The minimum atomic E-state index is -0.156. The zero-order valence-electron chi connectivity index (χ0n) is 16.2. The summed E-state index contributed by atoms with van der Waals surface area (Å²) in [6.07, 6.45) is 0.429. The van der Waals surface area contributed by atoms with Crippen LogP contribution in [0.3, 0.4) is 0 Å². The van der Waals surface area contributed by atoms with Crippen LogP contribution >= 0.6 is 11.6 Å². The Morgan fingerprint density at radius 1 is 1.10 bits per heavy atom. The van der Waals surface area contributed by atoms with E-state index in [4.69, 9.17) is 11.6 Å². The van der Waals surface area contributed by atoms with E-state index in [2.05, 4.69) is 26.3 Å². The largest absolute Gasteiger partial charge is 0.356 e. The lowest BCUT2D eigenvalue weighted by Crippen LogP contribution is -2.43. The molecule has 0 aliphatic carbocycles. The van der Waals surface area contributed by atoms with Crippen molar-refractivity contribution >= 4 is 35.1 Å². The maximum Gasteiger partial charge on any atom is 0.251 e. The van der Waals surface area contributed by atoms with Crippen LogP contribution in [0.1, 0.15) is 28.3 Å². The molecule has 1 aliphatic heterocycles. The van der Waals surface area contributed by atoms with Crippen molar-refractivity contribution in [2.24, 2.45) is 4.99 Å². The predicted octanol–water partition coefficient (Wildman–Crippen LogP) is 2.36. The number of fused-ring (bicyclic) bond motifs is 1. The summed E-state index contributed by atoms with van der Waals surface area (Å²) < 4.78 is 0. The van der Waals surface area contributed by atoms with E-state index in [9.17, 15) is 9.59 Å². The average Bonchev–Trinajstić information content (AvgIpc) is 2.73. The van der Waals surface area contributed by atoms with E-state index < -0.39 is 0 Å². The van der Waals surface area contributed by atoms with E-state index >= 15 is 0 Å². The Hall–Kier alpha value is -3.06. The quantitative estimate of drug-likeness (QED) is 0.332. The normalized spacial score (nSPS) is 15.9. The highest BCUT2D eigenvalue weighted by Gasteiger charge is 2.24. The van der Waals surface area contributed by atoms with Gasteiger partial charge < -0.3 is 21.3 Å². The molecule has 0 spiro atoms. The highest BCUT2D eigenvalue weighted by molar-refractivity contribution is 6.30. The van der Waals surface area contributed by atoms with Gasteiger partial charge in [0.25, 0.3) is 5.91 Å². The zero-order valence-corrected chi connectivity index (χ0v) is 16.9. The van der Waals surface area contributed by atoms with E-state index in [0.717, 1.165) is 11.3 Å². The summed E-state index contributed by atoms with van der Waals surface area (Å²) in [5.74, 6) is 0.553. The highest BCUT2D eigenvalue weighted by atomic mass is 35.5. The molecule has 0 aromatic heterocycles. The van der Waals surface area contributed by atoms with Crippen LogP contribution in [0.2, 0.25) is 5.02 Å². The Morgan fingerprint density at radius 3 is 2.59 bits per heavy atom. The van der Waals surface area contributed by atoms with Gasteiger partial charge in [-0.15, -0.1) is 0 Å². The summed E-state index contributed by atoms with van der Waals surface area (Å²) in [7, 11) is 1.68. The summed E-state index contributed by atoms with van der Waals surface area (Å²) in [6, 6.07) is 14.6. The first kappa shape index (κ1) is 20.7. The Bertz CT molecular complexity index is 898. The van der Waals surface area contributed by atoms with Crippen LogP contribution < -0.4 is 21.3 Å². The number of rotatable bonds is 6. The van der Waals surface area contributed by atoms with Gasteiger partial charge >= 0.3 is 0 Å². The standard InChI is InChI=1S/C21H24ClN5O2/c1-23-21(25-11-10-24-20(29)14-6-8-16(22)9-7-14)26-13-15-12-19(28)27-18-5-3-2-4-17(15)18/h2-9,15H,10-13H2,1H3,(H,24,29)(H,27,28)(H2,23,25,26). The van der Waals surface area contributed by atoms with Crippen LogP contribution in [0.15, 0.2) is 53.5 Å². The van der Waals surface area contributed by atoms with Crippen molar-refractivity contribution in [2.45, 2.75) is 12.3 Å². The number of para-hydroxylation sites is 1. The smallest absolute Gasteiger partial charge is 0.251 e. The number of nitrogens with zero attached hydrogens (tertiary/aromatic N) is 1. The third-order valence-corrected chi connectivity index (χ3v) is 4.91. The fraction of sp³-hybridized carbons (Fsp3) is 0.286. The van der Waals surface area contributed by atoms with Crippen LogP contribution in [-0.4, -0.2) is 44.5 Å². The molecule has 2 aromatic carbocycles. The number of benzene rings is 2. The van der Waals surface area contributed by atoms with Gasteiger partial charge in [0.15, 0.2) is 5.96 Å². The molecule has 0 bridgehead atoms. The molecule has 1 atom stereocenters. The summed E-state index contributed by atoms with van der Waals surface area (Å²) in [5.41, 5.74) is 2.54. The van der Waals surface area contributed by atoms with Gasteiger partial charge in [-0.3, -0.25) is 14.6 Å². The number of nitrogens with one attached hydrogen (secondary N) is 4. The molecular formula is C21H24ClN5O2.